The molecule has 0 fully saturated rings. The highest BCUT2D eigenvalue weighted by Crippen LogP contribution is 2.16. The van der Waals surface area contributed by atoms with Gasteiger partial charge < -0.3 is 4.90 Å². The fourth-order valence-electron chi connectivity index (χ4n) is 2.22. The molecule has 0 saturated heterocycles. The first kappa shape index (κ1) is 19.0. The van der Waals surface area contributed by atoms with Crippen LogP contribution in [0.2, 0.25) is 5.02 Å². The van der Waals surface area contributed by atoms with E-state index in [1.807, 2.05) is 6.07 Å². The molecule has 0 aliphatic carbocycles. The Bertz CT molecular complexity index is 920. The number of carbonyl (C=O) groups excluding carboxylic acids is 1. The van der Waals surface area contributed by atoms with E-state index in [9.17, 15) is 13.2 Å². The van der Waals surface area contributed by atoms with Gasteiger partial charge in [-0.3, -0.25) is 4.79 Å². The standard InChI is InChI=1S/C18H17ClN2O3S/c1-3-10-20-25(23,24)17-9-5-7-15(12-17)18(22)21(2)13-14-6-4-8-16(19)11-14/h1,4-9,11-12,20H,10,13H2,2H3. The van der Waals surface area contributed by atoms with Crippen LogP contribution in [-0.2, 0) is 16.6 Å². The van der Waals surface area contributed by atoms with Crippen molar-refractivity contribution in [1.29, 1.82) is 0 Å². The summed E-state index contributed by atoms with van der Waals surface area (Å²) < 4.78 is 26.5. The first-order valence-electron chi connectivity index (χ1n) is 7.36. The highest BCUT2D eigenvalue weighted by Gasteiger charge is 2.17. The summed E-state index contributed by atoms with van der Waals surface area (Å²) >= 11 is 5.95. The maximum absolute atomic E-state index is 12.6. The third-order valence-electron chi connectivity index (χ3n) is 3.41. The minimum atomic E-state index is -3.75. The molecule has 130 valence electrons. The second-order valence-corrected chi connectivity index (χ2v) is 7.55. The summed E-state index contributed by atoms with van der Waals surface area (Å²) in [6.45, 7) is 0.237. The van der Waals surface area contributed by atoms with E-state index in [0.29, 0.717) is 11.6 Å². The fourth-order valence-corrected chi connectivity index (χ4v) is 3.41. The van der Waals surface area contributed by atoms with Crippen LogP contribution in [-0.4, -0.2) is 32.8 Å². The first-order chi connectivity index (χ1) is 11.8. The smallest absolute Gasteiger partial charge is 0.253 e. The minimum Gasteiger partial charge on any atom is -0.337 e. The van der Waals surface area contributed by atoms with Crippen molar-refractivity contribution < 1.29 is 13.2 Å². The monoisotopic (exact) mass is 376 g/mol. The van der Waals surface area contributed by atoms with E-state index in [-0.39, 0.29) is 22.9 Å². The molecule has 0 aromatic heterocycles. The molecule has 2 aromatic carbocycles. The van der Waals surface area contributed by atoms with Gasteiger partial charge in [0.05, 0.1) is 11.4 Å². The van der Waals surface area contributed by atoms with E-state index in [1.165, 1.54) is 23.1 Å². The Balaban J connectivity index is 2.19. The molecule has 0 spiro atoms. The normalized spacial score (nSPS) is 10.9. The van der Waals surface area contributed by atoms with Gasteiger partial charge in [0.1, 0.15) is 0 Å². The number of hydrogen-bond acceptors (Lipinski definition) is 3. The second kappa shape index (κ2) is 8.17. The van der Waals surface area contributed by atoms with E-state index in [1.54, 1.807) is 31.3 Å². The van der Waals surface area contributed by atoms with Gasteiger partial charge in [0.15, 0.2) is 0 Å². The Morgan fingerprint density at radius 3 is 2.64 bits per heavy atom. The molecular formula is C18H17ClN2O3S. The highest BCUT2D eigenvalue weighted by molar-refractivity contribution is 7.89. The topological polar surface area (TPSA) is 66.5 Å². The van der Waals surface area contributed by atoms with E-state index < -0.39 is 10.0 Å². The predicted octanol–water partition coefficient (Wildman–Crippen LogP) is 2.52. The zero-order valence-corrected chi connectivity index (χ0v) is 15.1. The van der Waals surface area contributed by atoms with Gasteiger partial charge in [-0.25, -0.2) is 8.42 Å². The van der Waals surface area contributed by atoms with Gasteiger partial charge in [0.25, 0.3) is 5.91 Å². The van der Waals surface area contributed by atoms with Crippen LogP contribution in [0, 0.1) is 12.3 Å². The van der Waals surface area contributed by atoms with Crippen LogP contribution in [0.3, 0.4) is 0 Å². The van der Waals surface area contributed by atoms with E-state index in [2.05, 4.69) is 10.6 Å². The number of benzene rings is 2. The van der Waals surface area contributed by atoms with Crippen LogP contribution in [0.4, 0.5) is 0 Å². The van der Waals surface area contributed by atoms with E-state index in [4.69, 9.17) is 18.0 Å². The van der Waals surface area contributed by atoms with Gasteiger partial charge in [-0.1, -0.05) is 35.7 Å². The molecule has 0 bridgehead atoms. The summed E-state index contributed by atoms with van der Waals surface area (Å²) in [7, 11) is -2.11. The molecule has 2 rings (SSSR count). The largest absolute Gasteiger partial charge is 0.337 e. The number of halogens is 1. The van der Waals surface area contributed by atoms with Crippen LogP contribution in [0.25, 0.3) is 0 Å². The van der Waals surface area contributed by atoms with Gasteiger partial charge in [-0.2, -0.15) is 4.72 Å². The number of carbonyl (C=O) groups is 1. The number of rotatable bonds is 6. The van der Waals surface area contributed by atoms with E-state index in [0.717, 1.165) is 5.56 Å². The third-order valence-corrected chi connectivity index (χ3v) is 5.05. The molecule has 0 unspecified atom stereocenters. The van der Waals surface area contributed by atoms with Gasteiger partial charge in [0.2, 0.25) is 10.0 Å². The van der Waals surface area contributed by atoms with Gasteiger partial charge in [-0.05, 0) is 35.9 Å². The van der Waals surface area contributed by atoms with Crippen LogP contribution >= 0.6 is 11.6 Å². The van der Waals surface area contributed by atoms with Crippen molar-refractivity contribution in [2.45, 2.75) is 11.4 Å². The van der Waals surface area contributed by atoms with Crippen molar-refractivity contribution in [2.24, 2.45) is 0 Å². The fraction of sp³-hybridized carbons (Fsp3) is 0.167. The zero-order chi connectivity index (χ0) is 18.4. The summed E-state index contributed by atoms with van der Waals surface area (Å²) in [6.07, 6.45) is 5.07. The Hall–Kier alpha value is -2.33. The molecule has 1 N–H and O–H groups in total. The number of nitrogens with one attached hydrogen (secondary N) is 1. The Morgan fingerprint density at radius 1 is 1.24 bits per heavy atom. The number of hydrogen-bond donors (Lipinski definition) is 1. The van der Waals surface area contributed by atoms with Gasteiger partial charge in [-0.15, -0.1) is 6.42 Å². The third kappa shape index (κ3) is 5.07. The van der Waals surface area contributed by atoms with Gasteiger partial charge in [0, 0.05) is 24.2 Å². The van der Waals surface area contributed by atoms with Crippen LogP contribution in [0.1, 0.15) is 15.9 Å². The molecule has 1 amide bonds. The maximum atomic E-state index is 12.6. The molecule has 25 heavy (non-hydrogen) atoms. The molecule has 7 heteroatoms. The maximum Gasteiger partial charge on any atom is 0.253 e. The van der Waals surface area contributed by atoms with Crippen molar-refractivity contribution in [3.8, 4) is 12.3 Å². The summed E-state index contributed by atoms with van der Waals surface area (Å²) in [6, 6.07) is 13.0. The molecule has 0 aliphatic heterocycles. The molecular weight excluding hydrogens is 360 g/mol. The quantitative estimate of drug-likeness (QED) is 0.788. The molecule has 5 nitrogen and oxygen atoms in total. The highest BCUT2D eigenvalue weighted by atomic mass is 35.5. The molecule has 2 aromatic rings. The van der Waals surface area contributed by atoms with Crippen molar-refractivity contribution >= 4 is 27.5 Å². The Morgan fingerprint density at radius 2 is 1.96 bits per heavy atom. The molecule has 0 atom stereocenters. The van der Waals surface area contributed by atoms with E-state index >= 15 is 0 Å². The van der Waals surface area contributed by atoms with Crippen LogP contribution in [0.15, 0.2) is 53.4 Å². The van der Waals surface area contributed by atoms with Crippen molar-refractivity contribution in [3.63, 3.8) is 0 Å². The number of amides is 1. The molecule has 0 radical (unpaired) electrons. The Labute approximate surface area is 152 Å². The lowest BCUT2D eigenvalue weighted by Crippen LogP contribution is -2.27. The number of sulfonamides is 1. The van der Waals surface area contributed by atoms with Crippen LogP contribution in [0.5, 0.6) is 0 Å². The SMILES string of the molecule is C#CCNS(=O)(=O)c1cccc(C(=O)N(C)Cc2cccc(Cl)c2)c1. The lowest BCUT2D eigenvalue weighted by molar-refractivity contribution is 0.0785. The van der Waals surface area contributed by atoms with Crippen molar-refractivity contribution in [2.75, 3.05) is 13.6 Å². The zero-order valence-electron chi connectivity index (χ0n) is 13.6. The lowest BCUT2D eigenvalue weighted by atomic mass is 10.1. The number of nitrogens with zero attached hydrogens (tertiary/aromatic N) is 1. The predicted molar refractivity (Wildman–Crippen MR) is 97.7 cm³/mol. The Kier molecular flexibility index (Phi) is 6.21. The first-order valence-corrected chi connectivity index (χ1v) is 9.22. The summed E-state index contributed by atoms with van der Waals surface area (Å²) in [4.78, 5) is 14.1. The second-order valence-electron chi connectivity index (χ2n) is 5.35. The summed E-state index contributed by atoms with van der Waals surface area (Å²) in [5.41, 5.74) is 1.15. The summed E-state index contributed by atoms with van der Waals surface area (Å²) in [5.74, 6) is 1.91. The molecule has 0 aliphatic rings. The lowest BCUT2D eigenvalue weighted by Gasteiger charge is -2.18. The number of terminal acetylenes is 1. The molecule has 0 saturated carbocycles. The van der Waals surface area contributed by atoms with Crippen molar-refractivity contribution in [1.82, 2.24) is 9.62 Å². The average molecular weight is 377 g/mol. The molecule has 0 heterocycles. The van der Waals surface area contributed by atoms with Crippen molar-refractivity contribution in [3.05, 3.63) is 64.7 Å². The average Bonchev–Trinajstić information content (AvgIpc) is 2.59. The van der Waals surface area contributed by atoms with Gasteiger partial charge >= 0.3 is 0 Å². The van der Waals surface area contributed by atoms with Crippen LogP contribution < -0.4 is 4.72 Å². The summed E-state index contributed by atoms with van der Waals surface area (Å²) in [5, 5.41) is 0.589. The minimum absolute atomic E-state index is 0.00949.